The van der Waals surface area contributed by atoms with E-state index in [-0.39, 0.29) is 6.42 Å². The van der Waals surface area contributed by atoms with Gasteiger partial charge in [0.2, 0.25) is 0 Å². The van der Waals surface area contributed by atoms with E-state index in [0.29, 0.717) is 5.69 Å². The first-order chi connectivity index (χ1) is 7.99. The van der Waals surface area contributed by atoms with E-state index in [0.717, 1.165) is 17.1 Å². The predicted octanol–water partition coefficient (Wildman–Crippen LogP) is 0.245. The van der Waals surface area contributed by atoms with Crippen LogP contribution >= 0.6 is 0 Å². The average molecular weight is 235 g/mol. The van der Waals surface area contributed by atoms with Gasteiger partial charge in [-0.25, -0.2) is 4.68 Å². The van der Waals surface area contributed by atoms with Gasteiger partial charge in [-0.15, -0.1) is 5.10 Å². The Bertz CT molecular complexity index is 569. The van der Waals surface area contributed by atoms with Crippen LogP contribution in [0.4, 0.5) is 0 Å². The van der Waals surface area contributed by atoms with Crippen LogP contribution in [-0.2, 0) is 18.3 Å². The zero-order valence-corrected chi connectivity index (χ0v) is 9.88. The fourth-order valence-corrected chi connectivity index (χ4v) is 1.69. The number of aryl methyl sites for hydroxylation is 2. The molecule has 0 radical (unpaired) electrons. The molecule has 2 rings (SSSR count). The van der Waals surface area contributed by atoms with Crippen molar-refractivity contribution in [2.45, 2.75) is 20.3 Å². The van der Waals surface area contributed by atoms with E-state index in [1.807, 2.05) is 20.2 Å². The van der Waals surface area contributed by atoms with Gasteiger partial charge in [-0.3, -0.25) is 9.48 Å². The Morgan fingerprint density at radius 1 is 1.47 bits per heavy atom. The van der Waals surface area contributed by atoms with Gasteiger partial charge < -0.3 is 5.11 Å². The van der Waals surface area contributed by atoms with E-state index in [1.165, 1.54) is 0 Å². The largest absolute Gasteiger partial charge is 0.481 e. The number of carboxylic acids is 1. The molecule has 17 heavy (non-hydrogen) atoms. The van der Waals surface area contributed by atoms with Crippen LogP contribution in [-0.4, -0.2) is 35.9 Å². The number of hydrogen-bond donors (Lipinski definition) is 1. The van der Waals surface area contributed by atoms with Gasteiger partial charge in [-0.2, -0.15) is 5.10 Å². The summed E-state index contributed by atoms with van der Waals surface area (Å²) in [5, 5.41) is 20.8. The standard InChI is InChI=1S/C10H13N5O2/c1-6-9(5-14(3)12-6)15-7(2)8(11-13-15)4-10(16)17/h5H,4H2,1-3H3,(H,16,17). The first-order valence-electron chi connectivity index (χ1n) is 5.12. The number of hydrogen-bond acceptors (Lipinski definition) is 4. The molecule has 0 atom stereocenters. The van der Waals surface area contributed by atoms with Crippen LogP contribution in [0.25, 0.3) is 5.69 Å². The van der Waals surface area contributed by atoms with Crippen molar-refractivity contribution in [3.05, 3.63) is 23.3 Å². The quantitative estimate of drug-likeness (QED) is 0.823. The molecule has 7 nitrogen and oxygen atoms in total. The molecule has 0 aromatic carbocycles. The molecule has 0 aliphatic heterocycles. The number of aliphatic carboxylic acids is 1. The number of aromatic nitrogens is 5. The fourth-order valence-electron chi connectivity index (χ4n) is 1.69. The lowest BCUT2D eigenvalue weighted by Crippen LogP contribution is -2.03. The fraction of sp³-hybridized carbons (Fsp3) is 0.400. The zero-order valence-electron chi connectivity index (χ0n) is 9.88. The van der Waals surface area contributed by atoms with Crippen LogP contribution in [0.3, 0.4) is 0 Å². The van der Waals surface area contributed by atoms with E-state index in [4.69, 9.17) is 5.11 Å². The summed E-state index contributed by atoms with van der Waals surface area (Å²) in [4.78, 5) is 10.6. The summed E-state index contributed by atoms with van der Waals surface area (Å²) in [6.45, 7) is 3.66. The van der Waals surface area contributed by atoms with Gasteiger partial charge in [0.1, 0.15) is 5.69 Å². The monoisotopic (exact) mass is 235 g/mol. The first-order valence-corrected chi connectivity index (χ1v) is 5.12. The Morgan fingerprint density at radius 3 is 2.71 bits per heavy atom. The lowest BCUT2D eigenvalue weighted by molar-refractivity contribution is -0.136. The van der Waals surface area contributed by atoms with E-state index < -0.39 is 5.97 Å². The summed E-state index contributed by atoms with van der Waals surface area (Å²) in [6, 6.07) is 0. The van der Waals surface area contributed by atoms with Crippen molar-refractivity contribution in [3.8, 4) is 5.69 Å². The second kappa shape index (κ2) is 4.00. The van der Waals surface area contributed by atoms with Gasteiger partial charge in [0, 0.05) is 7.05 Å². The highest BCUT2D eigenvalue weighted by atomic mass is 16.4. The molecule has 0 fully saturated rings. The summed E-state index contributed by atoms with van der Waals surface area (Å²) in [7, 11) is 1.82. The maximum Gasteiger partial charge on any atom is 0.309 e. The van der Waals surface area contributed by atoms with Crippen molar-refractivity contribution in [2.24, 2.45) is 7.05 Å². The zero-order chi connectivity index (χ0) is 12.6. The van der Waals surface area contributed by atoms with Crippen LogP contribution in [0.1, 0.15) is 17.1 Å². The molecule has 1 N–H and O–H groups in total. The van der Waals surface area contributed by atoms with Gasteiger partial charge in [0.25, 0.3) is 0 Å². The highest BCUT2D eigenvalue weighted by Gasteiger charge is 2.15. The molecule has 0 spiro atoms. The third kappa shape index (κ3) is 2.03. The Labute approximate surface area is 97.7 Å². The molecular weight excluding hydrogens is 222 g/mol. The molecule has 0 saturated heterocycles. The molecule has 2 heterocycles. The minimum absolute atomic E-state index is 0.120. The van der Waals surface area contributed by atoms with Gasteiger partial charge in [-0.1, -0.05) is 5.21 Å². The Kier molecular flexibility index (Phi) is 2.66. The third-order valence-electron chi connectivity index (χ3n) is 2.52. The molecule has 2 aromatic rings. The molecule has 2 aromatic heterocycles. The Morgan fingerprint density at radius 2 is 2.18 bits per heavy atom. The summed E-state index contributed by atoms with van der Waals surface area (Å²) >= 11 is 0. The normalized spacial score (nSPS) is 10.8. The molecule has 0 aliphatic rings. The van der Waals surface area contributed by atoms with Crippen molar-refractivity contribution >= 4 is 5.97 Å². The third-order valence-corrected chi connectivity index (χ3v) is 2.52. The smallest absolute Gasteiger partial charge is 0.309 e. The van der Waals surface area contributed by atoms with Gasteiger partial charge >= 0.3 is 5.97 Å². The molecule has 0 saturated carbocycles. The van der Waals surface area contributed by atoms with Crippen LogP contribution < -0.4 is 0 Å². The highest BCUT2D eigenvalue weighted by Crippen LogP contribution is 2.15. The first kappa shape index (κ1) is 11.3. The Hall–Kier alpha value is -2.18. The van der Waals surface area contributed by atoms with Crippen LogP contribution in [0.2, 0.25) is 0 Å². The maximum atomic E-state index is 10.6. The number of carboxylic acid groups (broad SMARTS) is 1. The van der Waals surface area contributed by atoms with E-state index in [2.05, 4.69) is 15.4 Å². The van der Waals surface area contributed by atoms with Crippen molar-refractivity contribution in [1.29, 1.82) is 0 Å². The molecule has 0 bridgehead atoms. The minimum Gasteiger partial charge on any atom is -0.481 e. The number of carbonyl (C=O) groups is 1. The van der Waals surface area contributed by atoms with E-state index in [1.54, 1.807) is 16.3 Å². The molecule has 90 valence electrons. The molecule has 0 aliphatic carbocycles. The topological polar surface area (TPSA) is 85.8 Å². The lowest BCUT2D eigenvalue weighted by atomic mass is 10.2. The Balaban J connectivity index is 2.44. The molecule has 7 heteroatoms. The number of rotatable bonds is 3. The summed E-state index contributed by atoms with van der Waals surface area (Å²) in [6.07, 6.45) is 1.70. The number of nitrogens with zero attached hydrogens (tertiary/aromatic N) is 5. The van der Waals surface area contributed by atoms with Crippen molar-refractivity contribution < 1.29 is 9.90 Å². The minimum atomic E-state index is -0.914. The van der Waals surface area contributed by atoms with Crippen molar-refractivity contribution in [1.82, 2.24) is 24.8 Å². The summed E-state index contributed by atoms with van der Waals surface area (Å²) < 4.78 is 3.29. The highest BCUT2D eigenvalue weighted by molar-refractivity contribution is 5.69. The van der Waals surface area contributed by atoms with Crippen LogP contribution in [0.15, 0.2) is 6.20 Å². The summed E-state index contributed by atoms with van der Waals surface area (Å²) in [5.74, 6) is -0.914. The second-order valence-electron chi connectivity index (χ2n) is 3.88. The van der Waals surface area contributed by atoms with Gasteiger partial charge in [0.05, 0.1) is 29.7 Å². The lowest BCUT2D eigenvalue weighted by Gasteiger charge is -2.00. The van der Waals surface area contributed by atoms with Gasteiger partial charge in [0.15, 0.2) is 0 Å². The molecule has 0 amide bonds. The van der Waals surface area contributed by atoms with E-state index in [9.17, 15) is 4.79 Å². The SMILES string of the molecule is Cc1nn(C)cc1-n1nnc(CC(=O)O)c1C. The van der Waals surface area contributed by atoms with Crippen LogP contribution in [0, 0.1) is 13.8 Å². The molecular formula is C10H13N5O2. The molecule has 0 unspecified atom stereocenters. The summed E-state index contributed by atoms with van der Waals surface area (Å²) in [5.41, 5.74) is 2.83. The van der Waals surface area contributed by atoms with Crippen LogP contribution in [0.5, 0.6) is 0 Å². The predicted molar refractivity (Wildman–Crippen MR) is 58.9 cm³/mol. The van der Waals surface area contributed by atoms with Gasteiger partial charge in [-0.05, 0) is 13.8 Å². The van der Waals surface area contributed by atoms with E-state index >= 15 is 0 Å². The average Bonchev–Trinajstić information content (AvgIpc) is 2.71. The van der Waals surface area contributed by atoms with Crippen molar-refractivity contribution in [2.75, 3.05) is 0 Å². The second-order valence-corrected chi connectivity index (χ2v) is 3.88. The van der Waals surface area contributed by atoms with Crippen molar-refractivity contribution in [3.63, 3.8) is 0 Å². The maximum absolute atomic E-state index is 10.6.